The Labute approximate surface area is 124 Å². The van der Waals surface area contributed by atoms with Crippen LogP contribution in [0.2, 0.25) is 0 Å². The van der Waals surface area contributed by atoms with Crippen LogP contribution < -0.4 is 10.1 Å². The summed E-state index contributed by atoms with van der Waals surface area (Å²) in [6.45, 7) is 5.83. The molecule has 0 fully saturated rings. The van der Waals surface area contributed by atoms with E-state index in [0.717, 1.165) is 6.20 Å². The number of nitrogens with zero attached hydrogens (tertiary/aromatic N) is 1. The number of nitrogens with one attached hydrogen (secondary N) is 1. The van der Waals surface area contributed by atoms with Crippen LogP contribution in [-0.2, 0) is 4.74 Å². The molecular weight excluding hydrogens is 275 g/mol. The van der Waals surface area contributed by atoms with E-state index in [0.29, 0.717) is 24.4 Å². The molecule has 0 spiro atoms. The lowest BCUT2D eigenvalue weighted by Crippen LogP contribution is -2.32. The fraction of sp³-hybridized carbons (Fsp3) is 0.467. The highest BCUT2D eigenvalue weighted by Crippen LogP contribution is 2.17. The highest BCUT2D eigenvalue weighted by atomic mass is 19.1. The number of aromatic nitrogens is 1. The Kier molecular flexibility index (Phi) is 6.14. The van der Waals surface area contributed by atoms with Crippen molar-refractivity contribution in [2.75, 3.05) is 13.7 Å². The van der Waals surface area contributed by atoms with Gasteiger partial charge in [-0.25, -0.2) is 14.2 Å². The molecular formula is C15H21FN2O3. The molecule has 6 heteroatoms. The molecule has 1 heterocycles. The number of alkyl carbamates (subject to hydrolysis) is 1. The van der Waals surface area contributed by atoms with Gasteiger partial charge < -0.3 is 14.8 Å². The number of ether oxygens (including phenoxy) is 2. The fourth-order valence-corrected chi connectivity index (χ4v) is 1.51. The third-order valence-corrected chi connectivity index (χ3v) is 2.32. The molecule has 0 radical (unpaired) electrons. The molecule has 0 unspecified atom stereocenters. The summed E-state index contributed by atoms with van der Waals surface area (Å²) >= 11 is 0. The minimum atomic E-state index is -0.513. The van der Waals surface area contributed by atoms with E-state index in [2.05, 4.69) is 10.3 Å². The number of halogens is 1. The number of carbonyl (C=O) groups is 1. The van der Waals surface area contributed by atoms with E-state index in [4.69, 9.17) is 9.47 Å². The van der Waals surface area contributed by atoms with E-state index in [1.807, 2.05) is 0 Å². The molecule has 116 valence electrons. The number of methoxy groups -OCH3 is 1. The van der Waals surface area contributed by atoms with Crippen LogP contribution in [-0.4, -0.2) is 30.3 Å². The summed E-state index contributed by atoms with van der Waals surface area (Å²) in [6.07, 6.45) is 4.72. The van der Waals surface area contributed by atoms with Gasteiger partial charge in [0.15, 0.2) is 0 Å². The number of hydrogen-bond acceptors (Lipinski definition) is 4. The predicted octanol–water partition coefficient (Wildman–Crippen LogP) is 3.16. The monoisotopic (exact) mass is 296 g/mol. The highest BCUT2D eigenvalue weighted by Gasteiger charge is 2.15. The normalized spacial score (nSPS) is 11.5. The molecule has 0 saturated heterocycles. The molecule has 0 atom stereocenters. The van der Waals surface area contributed by atoms with Gasteiger partial charge in [-0.15, -0.1) is 0 Å². The van der Waals surface area contributed by atoms with Crippen molar-refractivity contribution >= 4 is 12.2 Å². The van der Waals surface area contributed by atoms with E-state index in [1.165, 1.54) is 13.2 Å². The summed E-state index contributed by atoms with van der Waals surface area (Å²) in [6, 6.07) is 1.34. The number of rotatable bonds is 5. The second-order valence-corrected chi connectivity index (χ2v) is 5.37. The van der Waals surface area contributed by atoms with Crippen molar-refractivity contribution in [1.29, 1.82) is 0 Å². The van der Waals surface area contributed by atoms with Crippen molar-refractivity contribution in [2.45, 2.75) is 32.8 Å². The maximum atomic E-state index is 13.1. The maximum Gasteiger partial charge on any atom is 0.407 e. The molecule has 5 nitrogen and oxygen atoms in total. The van der Waals surface area contributed by atoms with Crippen LogP contribution in [0.25, 0.3) is 6.08 Å². The molecule has 0 aliphatic rings. The summed E-state index contributed by atoms with van der Waals surface area (Å²) < 4.78 is 23.2. The second-order valence-electron chi connectivity index (χ2n) is 5.37. The largest absolute Gasteiger partial charge is 0.481 e. The van der Waals surface area contributed by atoms with E-state index in [9.17, 15) is 9.18 Å². The fourth-order valence-electron chi connectivity index (χ4n) is 1.51. The SMILES string of the molecule is COc1ncc(F)cc1C=CCCNC(=O)OC(C)(C)C. The van der Waals surface area contributed by atoms with Crippen molar-refractivity contribution < 1.29 is 18.7 Å². The Bertz CT molecular complexity index is 510. The molecule has 0 saturated carbocycles. The van der Waals surface area contributed by atoms with Crippen LogP contribution in [0.4, 0.5) is 9.18 Å². The lowest BCUT2D eigenvalue weighted by Gasteiger charge is -2.19. The zero-order chi connectivity index (χ0) is 15.9. The molecule has 1 aromatic rings. The molecule has 1 rings (SSSR count). The molecule has 1 amide bonds. The molecule has 1 aromatic heterocycles. The zero-order valence-corrected chi connectivity index (χ0v) is 12.8. The molecule has 21 heavy (non-hydrogen) atoms. The Morgan fingerprint density at radius 1 is 1.48 bits per heavy atom. The van der Waals surface area contributed by atoms with Crippen LogP contribution in [0.5, 0.6) is 5.88 Å². The van der Waals surface area contributed by atoms with Crippen LogP contribution >= 0.6 is 0 Å². The Balaban J connectivity index is 2.42. The van der Waals surface area contributed by atoms with Gasteiger partial charge in [-0.3, -0.25) is 0 Å². The van der Waals surface area contributed by atoms with Gasteiger partial charge in [0.05, 0.1) is 13.3 Å². The summed E-state index contributed by atoms with van der Waals surface area (Å²) in [4.78, 5) is 15.2. The van der Waals surface area contributed by atoms with Crippen LogP contribution in [0.1, 0.15) is 32.8 Å². The van der Waals surface area contributed by atoms with E-state index < -0.39 is 17.5 Å². The molecule has 1 N–H and O–H groups in total. The second kappa shape index (κ2) is 7.61. The van der Waals surface area contributed by atoms with Crippen molar-refractivity contribution in [3.8, 4) is 5.88 Å². The van der Waals surface area contributed by atoms with Crippen molar-refractivity contribution in [3.05, 3.63) is 29.7 Å². The van der Waals surface area contributed by atoms with Gasteiger partial charge in [-0.05, 0) is 33.3 Å². The van der Waals surface area contributed by atoms with E-state index >= 15 is 0 Å². The first kappa shape index (κ1) is 16.9. The minimum absolute atomic E-state index is 0.354. The Morgan fingerprint density at radius 3 is 2.81 bits per heavy atom. The van der Waals surface area contributed by atoms with Crippen LogP contribution in [0.15, 0.2) is 18.3 Å². The van der Waals surface area contributed by atoms with Crippen molar-refractivity contribution in [2.24, 2.45) is 0 Å². The lowest BCUT2D eigenvalue weighted by atomic mass is 10.2. The van der Waals surface area contributed by atoms with Gasteiger partial charge in [0.25, 0.3) is 0 Å². The van der Waals surface area contributed by atoms with Gasteiger partial charge in [-0.2, -0.15) is 0 Å². The van der Waals surface area contributed by atoms with E-state index in [1.54, 1.807) is 32.9 Å². The maximum absolute atomic E-state index is 13.1. The smallest absolute Gasteiger partial charge is 0.407 e. The van der Waals surface area contributed by atoms with Gasteiger partial charge in [0, 0.05) is 12.1 Å². The summed E-state index contributed by atoms with van der Waals surface area (Å²) in [5.74, 6) is -0.0740. The van der Waals surface area contributed by atoms with Crippen molar-refractivity contribution in [1.82, 2.24) is 10.3 Å². The van der Waals surface area contributed by atoms with Gasteiger partial charge in [0.1, 0.15) is 11.4 Å². The van der Waals surface area contributed by atoms with Crippen molar-refractivity contribution in [3.63, 3.8) is 0 Å². The average Bonchev–Trinajstić information content (AvgIpc) is 2.36. The van der Waals surface area contributed by atoms with Gasteiger partial charge in [-0.1, -0.05) is 12.2 Å². The average molecular weight is 296 g/mol. The highest BCUT2D eigenvalue weighted by molar-refractivity contribution is 5.67. The first-order valence-electron chi connectivity index (χ1n) is 6.65. The lowest BCUT2D eigenvalue weighted by molar-refractivity contribution is 0.0529. The number of carbonyl (C=O) groups excluding carboxylic acids is 1. The van der Waals surface area contributed by atoms with Crippen LogP contribution in [0, 0.1) is 5.82 Å². The Morgan fingerprint density at radius 2 is 2.19 bits per heavy atom. The molecule has 0 aromatic carbocycles. The van der Waals surface area contributed by atoms with Gasteiger partial charge >= 0.3 is 6.09 Å². The van der Waals surface area contributed by atoms with Gasteiger partial charge in [0.2, 0.25) is 5.88 Å². The number of hydrogen-bond donors (Lipinski definition) is 1. The third kappa shape index (κ3) is 6.74. The standard InChI is InChI=1S/C15H21FN2O3/c1-15(2,3)21-14(19)17-8-6-5-7-11-9-12(16)10-18-13(11)20-4/h5,7,9-10H,6,8H2,1-4H3,(H,17,19). The minimum Gasteiger partial charge on any atom is -0.481 e. The number of pyridine rings is 1. The summed E-state index contributed by atoms with van der Waals surface area (Å²) in [7, 11) is 1.47. The zero-order valence-electron chi connectivity index (χ0n) is 12.8. The quantitative estimate of drug-likeness (QED) is 0.848. The molecule has 0 aliphatic heterocycles. The number of amides is 1. The summed E-state index contributed by atoms with van der Waals surface area (Å²) in [5.41, 5.74) is 0.0373. The summed E-state index contributed by atoms with van der Waals surface area (Å²) in [5, 5.41) is 2.63. The molecule has 0 bridgehead atoms. The third-order valence-electron chi connectivity index (χ3n) is 2.32. The first-order valence-corrected chi connectivity index (χ1v) is 6.65. The first-order chi connectivity index (χ1) is 9.81. The topological polar surface area (TPSA) is 60.5 Å². The van der Waals surface area contributed by atoms with Crippen LogP contribution in [0.3, 0.4) is 0 Å². The molecule has 0 aliphatic carbocycles. The van der Waals surface area contributed by atoms with E-state index in [-0.39, 0.29) is 0 Å². The Hall–Kier alpha value is -2.11. The predicted molar refractivity (Wildman–Crippen MR) is 78.6 cm³/mol.